The summed E-state index contributed by atoms with van der Waals surface area (Å²) in [5.41, 5.74) is 5.57. The van der Waals surface area contributed by atoms with E-state index in [9.17, 15) is 18.0 Å². The molecule has 0 spiro atoms. The monoisotopic (exact) mass is 517 g/mol. The number of ether oxygens (including phenoxy) is 1. The van der Waals surface area contributed by atoms with E-state index in [2.05, 4.69) is 36.4 Å². The van der Waals surface area contributed by atoms with Crippen molar-refractivity contribution in [3.8, 4) is 11.5 Å². The number of benzene rings is 1. The molecule has 11 heteroatoms. The summed E-state index contributed by atoms with van der Waals surface area (Å²) < 4.78 is 44.2. The fourth-order valence-corrected chi connectivity index (χ4v) is 3.71. The zero-order valence-corrected chi connectivity index (χ0v) is 20.6. The Balaban J connectivity index is 0.000000444. The molecule has 1 fully saturated rings. The van der Waals surface area contributed by atoms with Crippen molar-refractivity contribution in [3.05, 3.63) is 71.5 Å². The number of nitrogens with two attached hydrogens (primary N) is 1. The zero-order chi connectivity index (χ0) is 26.1. The lowest BCUT2D eigenvalue weighted by atomic mass is 10.0. The molecule has 0 aliphatic carbocycles. The van der Waals surface area contributed by atoms with Crippen LogP contribution in [0.5, 0.6) is 11.5 Å². The molecule has 1 unspecified atom stereocenters. The highest BCUT2D eigenvalue weighted by Gasteiger charge is 2.30. The lowest BCUT2D eigenvalue weighted by molar-refractivity contribution is -0.137. The fourth-order valence-electron chi connectivity index (χ4n) is 3.42. The summed E-state index contributed by atoms with van der Waals surface area (Å²) in [7, 11) is 3.24. The Bertz CT molecular complexity index is 1200. The molecule has 1 aliphatic rings. The molecule has 0 bridgehead atoms. The molecule has 4 N–H and O–H groups in total. The summed E-state index contributed by atoms with van der Waals surface area (Å²) in [6, 6.07) is 9.31. The van der Waals surface area contributed by atoms with Crippen molar-refractivity contribution < 1.29 is 22.7 Å². The van der Waals surface area contributed by atoms with E-state index in [0.29, 0.717) is 17.1 Å². The lowest BCUT2D eigenvalue weighted by Gasteiger charge is -2.17. The number of hydrogen-bond acceptors (Lipinski definition) is 6. The van der Waals surface area contributed by atoms with Gasteiger partial charge in [-0.15, -0.1) is 8.86 Å². The third-order valence-corrected chi connectivity index (χ3v) is 5.61. The number of carbonyl (C=O) groups is 1. The van der Waals surface area contributed by atoms with E-state index >= 15 is 0 Å². The van der Waals surface area contributed by atoms with Gasteiger partial charge in [0, 0.05) is 18.0 Å². The predicted octanol–water partition coefficient (Wildman–Crippen LogP) is 5.42. The maximum atomic E-state index is 12.8. The number of carbonyl (C=O) groups excluding carboxylic acids is 1. The number of hydrogen-bond donors (Lipinski definition) is 3. The molecule has 3 heterocycles. The van der Waals surface area contributed by atoms with Crippen molar-refractivity contribution in [2.45, 2.75) is 25.9 Å². The van der Waals surface area contributed by atoms with E-state index in [-0.39, 0.29) is 17.2 Å². The molecule has 0 saturated carbocycles. The van der Waals surface area contributed by atoms with Gasteiger partial charge in [0.2, 0.25) is 0 Å². The molecule has 1 atom stereocenters. The van der Waals surface area contributed by atoms with Crippen LogP contribution in [-0.2, 0) is 6.18 Å². The summed E-state index contributed by atoms with van der Waals surface area (Å²) in [5, 5.41) is 5.68. The van der Waals surface area contributed by atoms with Gasteiger partial charge >= 0.3 is 6.18 Å². The van der Waals surface area contributed by atoms with E-state index in [4.69, 9.17) is 10.5 Å². The molecule has 3 aromatic rings. The maximum Gasteiger partial charge on any atom is 0.416 e. The number of nitrogens with zero attached hydrogens (tertiary/aromatic N) is 2. The van der Waals surface area contributed by atoms with Gasteiger partial charge in [0.05, 0.1) is 11.1 Å². The number of piperidine rings is 1. The minimum atomic E-state index is -4.54. The zero-order valence-electron chi connectivity index (χ0n) is 19.6. The van der Waals surface area contributed by atoms with E-state index in [1.165, 1.54) is 44.3 Å². The standard InChI is InChI=1S/C19H14F3N4O2P.C6H13N/c20-19(21,22)12-4-6-24-16(9-12)26-18(27)11-2-1-3-13(8-11)28-15-5-7-25-17(23)14(15)10-29;1-6-3-2-4-7-5-6/h1-10,29H,(H2,23,25)(H,24,26,27);6-7H,2-5H2,1H3. The number of halogens is 3. The first-order chi connectivity index (χ1) is 17.2. The van der Waals surface area contributed by atoms with Crippen molar-refractivity contribution in [3.63, 3.8) is 0 Å². The molecule has 0 radical (unpaired) electrons. The molecule has 1 aliphatic heterocycles. The van der Waals surface area contributed by atoms with Gasteiger partial charge < -0.3 is 21.1 Å². The SMILES string of the molecule is CC1CCCNC1.Nc1nccc(Oc2cccc(C(=O)Nc3cc(C(F)(F)F)ccn3)c2)c1C=P. The largest absolute Gasteiger partial charge is 0.457 e. The smallest absolute Gasteiger partial charge is 0.416 e. The van der Waals surface area contributed by atoms with E-state index in [1.54, 1.807) is 24.0 Å². The van der Waals surface area contributed by atoms with Crippen LogP contribution in [0.4, 0.5) is 24.8 Å². The summed E-state index contributed by atoms with van der Waals surface area (Å²) in [6.45, 7) is 4.77. The Morgan fingerprint density at radius 1 is 1.22 bits per heavy atom. The van der Waals surface area contributed by atoms with Gasteiger partial charge in [-0.05, 0) is 74.0 Å². The molecule has 1 aromatic carbocycles. The average molecular weight is 517 g/mol. The third kappa shape index (κ3) is 7.76. The molecule has 1 amide bonds. The van der Waals surface area contributed by atoms with Crippen LogP contribution in [0.2, 0.25) is 0 Å². The van der Waals surface area contributed by atoms with Crippen LogP contribution in [-0.4, -0.2) is 34.8 Å². The maximum absolute atomic E-state index is 12.8. The van der Waals surface area contributed by atoms with Crippen LogP contribution >= 0.6 is 8.86 Å². The number of anilines is 2. The average Bonchev–Trinajstić information content (AvgIpc) is 2.85. The number of nitrogen functional groups attached to an aromatic ring is 1. The Hall–Kier alpha value is -3.49. The van der Waals surface area contributed by atoms with Crippen LogP contribution in [0.25, 0.3) is 0 Å². The molecular formula is C25H27F3N5O2P. The van der Waals surface area contributed by atoms with E-state index in [1.807, 2.05) is 0 Å². The quantitative estimate of drug-likeness (QED) is 0.391. The first kappa shape index (κ1) is 27.1. The first-order valence-corrected chi connectivity index (χ1v) is 11.8. The van der Waals surface area contributed by atoms with Crippen molar-refractivity contribution in [1.29, 1.82) is 0 Å². The van der Waals surface area contributed by atoms with Crippen LogP contribution < -0.4 is 21.1 Å². The second kappa shape index (κ2) is 12.5. The Morgan fingerprint density at radius 2 is 2.00 bits per heavy atom. The first-order valence-electron chi connectivity index (χ1n) is 11.3. The number of pyridine rings is 2. The molecule has 4 rings (SSSR count). The highest BCUT2D eigenvalue weighted by molar-refractivity contribution is 7.19. The van der Waals surface area contributed by atoms with Crippen LogP contribution in [0, 0.1) is 5.92 Å². The van der Waals surface area contributed by atoms with Crippen LogP contribution in [0.3, 0.4) is 0 Å². The summed E-state index contributed by atoms with van der Waals surface area (Å²) >= 11 is 0. The molecule has 7 nitrogen and oxygen atoms in total. The highest BCUT2D eigenvalue weighted by Crippen LogP contribution is 2.30. The minimum Gasteiger partial charge on any atom is -0.457 e. The molecule has 1 saturated heterocycles. The number of alkyl halides is 3. The third-order valence-electron chi connectivity index (χ3n) is 5.32. The Kier molecular flexibility index (Phi) is 9.38. The predicted molar refractivity (Wildman–Crippen MR) is 137 cm³/mol. The van der Waals surface area contributed by atoms with Gasteiger partial charge in [-0.1, -0.05) is 13.0 Å². The van der Waals surface area contributed by atoms with E-state index < -0.39 is 17.6 Å². The van der Waals surface area contributed by atoms with Gasteiger partial charge in [-0.25, -0.2) is 9.97 Å². The Labute approximate surface area is 209 Å². The Morgan fingerprint density at radius 3 is 2.64 bits per heavy atom. The van der Waals surface area contributed by atoms with Gasteiger partial charge in [0.1, 0.15) is 23.1 Å². The summed E-state index contributed by atoms with van der Waals surface area (Å²) in [6.07, 6.45) is 0.713. The van der Waals surface area contributed by atoms with E-state index in [0.717, 1.165) is 24.2 Å². The summed E-state index contributed by atoms with van der Waals surface area (Å²) in [4.78, 5) is 20.1. The molecule has 190 valence electrons. The van der Waals surface area contributed by atoms with Gasteiger partial charge in [-0.3, -0.25) is 4.79 Å². The van der Waals surface area contributed by atoms with Crippen molar-refractivity contribution in [2.24, 2.45) is 5.92 Å². The van der Waals surface area contributed by atoms with Gasteiger partial charge in [-0.2, -0.15) is 13.2 Å². The number of rotatable bonds is 5. The minimum absolute atomic E-state index is 0.174. The second-order valence-electron chi connectivity index (χ2n) is 8.22. The lowest BCUT2D eigenvalue weighted by Crippen LogP contribution is -2.27. The normalized spacial score (nSPS) is 15.3. The van der Waals surface area contributed by atoms with Crippen LogP contribution in [0.1, 0.15) is 41.3 Å². The fraction of sp³-hybridized carbons (Fsp3) is 0.280. The molecular weight excluding hydrogens is 490 g/mol. The number of amides is 1. The molecule has 2 aromatic heterocycles. The van der Waals surface area contributed by atoms with Crippen molar-refractivity contribution in [1.82, 2.24) is 15.3 Å². The van der Waals surface area contributed by atoms with Crippen molar-refractivity contribution >= 4 is 32.2 Å². The summed E-state index contributed by atoms with van der Waals surface area (Å²) in [5.74, 6) is 2.61. The number of aromatic nitrogens is 2. The van der Waals surface area contributed by atoms with Gasteiger partial charge in [0.15, 0.2) is 0 Å². The van der Waals surface area contributed by atoms with Crippen molar-refractivity contribution in [2.75, 3.05) is 24.1 Å². The van der Waals surface area contributed by atoms with Gasteiger partial charge in [0.25, 0.3) is 5.91 Å². The highest BCUT2D eigenvalue weighted by atomic mass is 31.0. The molecule has 36 heavy (non-hydrogen) atoms. The second-order valence-corrected chi connectivity index (χ2v) is 8.50. The number of nitrogens with one attached hydrogen (secondary N) is 2. The topological polar surface area (TPSA) is 102 Å². The van der Waals surface area contributed by atoms with Crippen LogP contribution in [0.15, 0.2) is 54.9 Å².